The molecule has 7 heteroatoms. The van der Waals surface area contributed by atoms with E-state index in [1.807, 2.05) is 18.2 Å². The monoisotopic (exact) mass is 339 g/mol. The highest BCUT2D eigenvalue weighted by atomic mass is 16.6. The number of benzene rings is 2. The summed E-state index contributed by atoms with van der Waals surface area (Å²) in [6.45, 7) is 1.29. The number of amides is 2. The Morgan fingerprint density at radius 3 is 2.60 bits per heavy atom. The lowest BCUT2D eigenvalue weighted by molar-refractivity contribution is -0.384. The fraction of sp³-hybridized carbons (Fsp3) is 0.222. The van der Waals surface area contributed by atoms with Crippen molar-refractivity contribution in [2.45, 2.75) is 19.4 Å². The van der Waals surface area contributed by atoms with E-state index in [9.17, 15) is 19.7 Å². The van der Waals surface area contributed by atoms with Gasteiger partial charge in [-0.2, -0.15) is 0 Å². The number of carbonyl (C=O) groups is 2. The Morgan fingerprint density at radius 2 is 1.96 bits per heavy atom. The normalized spacial score (nSPS) is 13.8. The van der Waals surface area contributed by atoms with E-state index in [1.54, 1.807) is 11.0 Å². The maximum Gasteiger partial charge on any atom is 0.269 e. The number of carbonyl (C=O) groups excluding carboxylic acids is 2. The molecule has 2 amide bonds. The molecule has 0 aliphatic carbocycles. The molecule has 1 fully saturated rings. The van der Waals surface area contributed by atoms with Crippen molar-refractivity contribution in [2.75, 3.05) is 11.9 Å². The summed E-state index contributed by atoms with van der Waals surface area (Å²) in [5.41, 5.74) is 1.84. The van der Waals surface area contributed by atoms with Gasteiger partial charge in [-0.1, -0.05) is 12.1 Å². The van der Waals surface area contributed by atoms with Crippen LogP contribution in [0.3, 0.4) is 0 Å². The molecule has 1 heterocycles. The second-order valence-corrected chi connectivity index (χ2v) is 5.88. The summed E-state index contributed by atoms with van der Waals surface area (Å²) in [5, 5.41) is 13.4. The second-order valence-electron chi connectivity index (χ2n) is 5.88. The number of non-ortho nitro benzene ring substituents is 1. The lowest BCUT2D eigenvalue weighted by Crippen LogP contribution is -2.23. The van der Waals surface area contributed by atoms with Crippen LogP contribution in [0.2, 0.25) is 0 Å². The van der Waals surface area contributed by atoms with Gasteiger partial charge in [0.25, 0.3) is 11.6 Å². The number of nitro groups is 1. The van der Waals surface area contributed by atoms with Crippen LogP contribution in [-0.4, -0.2) is 28.2 Å². The van der Waals surface area contributed by atoms with Gasteiger partial charge in [0.1, 0.15) is 0 Å². The molecule has 0 unspecified atom stereocenters. The van der Waals surface area contributed by atoms with E-state index in [1.165, 1.54) is 24.3 Å². The summed E-state index contributed by atoms with van der Waals surface area (Å²) in [4.78, 5) is 35.9. The average Bonchev–Trinajstić information content (AvgIpc) is 3.00. The molecule has 7 nitrogen and oxygen atoms in total. The van der Waals surface area contributed by atoms with Gasteiger partial charge in [0, 0.05) is 42.9 Å². The van der Waals surface area contributed by atoms with Crippen molar-refractivity contribution in [3.05, 3.63) is 69.8 Å². The molecule has 128 valence electrons. The number of hydrogen-bond acceptors (Lipinski definition) is 4. The van der Waals surface area contributed by atoms with E-state index >= 15 is 0 Å². The standard InChI is InChI=1S/C18H17N3O4/c22-17-5-2-10-20(17)12-13-3-1-4-15(11-13)19-18(23)14-6-8-16(9-7-14)21(24)25/h1,3-4,6-9,11H,2,5,10,12H2,(H,19,23). The van der Waals surface area contributed by atoms with Crippen LogP contribution in [0.4, 0.5) is 11.4 Å². The van der Waals surface area contributed by atoms with Crippen molar-refractivity contribution >= 4 is 23.2 Å². The fourth-order valence-electron chi connectivity index (χ4n) is 2.78. The number of hydrogen-bond donors (Lipinski definition) is 1. The number of likely N-dealkylation sites (tertiary alicyclic amines) is 1. The van der Waals surface area contributed by atoms with Crippen molar-refractivity contribution in [1.82, 2.24) is 4.90 Å². The highest BCUT2D eigenvalue weighted by Gasteiger charge is 2.20. The Kier molecular flexibility index (Phi) is 4.74. The van der Waals surface area contributed by atoms with Crippen molar-refractivity contribution in [2.24, 2.45) is 0 Å². The molecular formula is C18H17N3O4. The van der Waals surface area contributed by atoms with Crippen LogP contribution in [0.15, 0.2) is 48.5 Å². The maximum atomic E-state index is 12.3. The van der Waals surface area contributed by atoms with E-state index in [0.29, 0.717) is 24.2 Å². The number of nitrogens with one attached hydrogen (secondary N) is 1. The Morgan fingerprint density at radius 1 is 1.20 bits per heavy atom. The smallest absolute Gasteiger partial charge is 0.269 e. The van der Waals surface area contributed by atoms with E-state index < -0.39 is 4.92 Å². The molecule has 1 N–H and O–H groups in total. The van der Waals surface area contributed by atoms with E-state index in [-0.39, 0.29) is 17.5 Å². The number of nitro benzene ring substituents is 1. The molecule has 0 saturated carbocycles. The molecule has 0 aromatic heterocycles. The molecule has 0 radical (unpaired) electrons. The van der Waals surface area contributed by atoms with Gasteiger partial charge in [-0.3, -0.25) is 19.7 Å². The predicted molar refractivity (Wildman–Crippen MR) is 92.1 cm³/mol. The molecule has 1 aliphatic heterocycles. The quantitative estimate of drug-likeness (QED) is 0.669. The lowest BCUT2D eigenvalue weighted by atomic mass is 10.1. The molecular weight excluding hydrogens is 322 g/mol. The number of nitrogens with zero attached hydrogens (tertiary/aromatic N) is 2. The van der Waals surface area contributed by atoms with E-state index in [0.717, 1.165) is 18.5 Å². The zero-order chi connectivity index (χ0) is 17.8. The van der Waals surface area contributed by atoms with Crippen molar-refractivity contribution in [1.29, 1.82) is 0 Å². The Balaban J connectivity index is 1.67. The van der Waals surface area contributed by atoms with Gasteiger partial charge in [-0.05, 0) is 36.2 Å². The number of anilines is 1. The highest BCUT2D eigenvalue weighted by molar-refractivity contribution is 6.04. The Hall–Kier alpha value is -3.22. The lowest BCUT2D eigenvalue weighted by Gasteiger charge is -2.16. The van der Waals surface area contributed by atoms with Gasteiger partial charge in [0.15, 0.2) is 0 Å². The summed E-state index contributed by atoms with van der Waals surface area (Å²) >= 11 is 0. The first-order valence-corrected chi connectivity index (χ1v) is 7.95. The predicted octanol–water partition coefficient (Wildman–Crippen LogP) is 2.97. The van der Waals surface area contributed by atoms with Gasteiger partial charge in [-0.25, -0.2) is 0 Å². The third-order valence-corrected chi connectivity index (χ3v) is 4.07. The van der Waals surface area contributed by atoms with E-state index in [2.05, 4.69) is 5.32 Å². The summed E-state index contributed by atoms with van der Waals surface area (Å²) in [7, 11) is 0. The minimum absolute atomic E-state index is 0.0613. The second kappa shape index (κ2) is 7.12. The first-order valence-electron chi connectivity index (χ1n) is 7.95. The van der Waals surface area contributed by atoms with Crippen LogP contribution in [0.5, 0.6) is 0 Å². The molecule has 1 saturated heterocycles. The summed E-state index contributed by atoms with van der Waals surface area (Å²) in [6.07, 6.45) is 1.48. The molecule has 0 bridgehead atoms. The first kappa shape index (κ1) is 16.6. The molecule has 0 spiro atoms. The zero-order valence-corrected chi connectivity index (χ0v) is 13.5. The Bertz CT molecular complexity index is 817. The minimum Gasteiger partial charge on any atom is -0.338 e. The SMILES string of the molecule is O=C(Nc1cccc(CN2CCCC2=O)c1)c1ccc([N+](=O)[O-])cc1. The van der Waals surface area contributed by atoms with Crippen LogP contribution in [0.25, 0.3) is 0 Å². The topological polar surface area (TPSA) is 92.6 Å². The highest BCUT2D eigenvalue weighted by Crippen LogP contribution is 2.18. The molecule has 3 rings (SSSR count). The van der Waals surface area contributed by atoms with Gasteiger partial charge < -0.3 is 10.2 Å². The van der Waals surface area contributed by atoms with Gasteiger partial charge in [-0.15, -0.1) is 0 Å². The van der Waals surface area contributed by atoms with Gasteiger partial charge >= 0.3 is 0 Å². The maximum absolute atomic E-state index is 12.3. The summed E-state index contributed by atoms with van der Waals surface area (Å²) in [5.74, 6) is -0.190. The van der Waals surface area contributed by atoms with Crippen molar-refractivity contribution < 1.29 is 14.5 Å². The molecule has 0 atom stereocenters. The zero-order valence-electron chi connectivity index (χ0n) is 13.5. The first-order chi connectivity index (χ1) is 12.0. The third-order valence-electron chi connectivity index (χ3n) is 4.07. The Labute approximate surface area is 144 Å². The van der Waals surface area contributed by atoms with Gasteiger partial charge in [0.05, 0.1) is 4.92 Å². The van der Waals surface area contributed by atoms with Crippen LogP contribution in [0.1, 0.15) is 28.8 Å². The fourth-order valence-corrected chi connectivity index (χ4v) is 2.78. The van der Waals surface area contributed by atoms with Gasteiger partial charge in [0.2, 0.25) is 5.91 Å². The van der Waals surface area contributed by atoms with Crippen LogP contribution >= 0.6 is 0 Å². The molecule has 1 aliphatic rings. The third kappa shape index (κ3) is 4.00. The van der Waals surface area contributed by atoms with Crippen molar-refractivity contribution in [3.63, 3.8) is 0 Å². The molecule has 2 aromatic carbocycles. The van der Waals surface area contributed by atoms with Crippen molar-refractivity contribution in [3.8, 4) is 0 Å². The van der Waals surface area contributed by atoms with Crippen LogP contribution in [-0.2, 0) is 11.3 Å². The minimum atomic E-state index is -0.509. The van der Waals surface area contributed by atoms with E-state index in [4.69, 9.17) is 0 Å². The largest absolute Gasteiger partial charge is 0.338 e. The molecule has 25 heavy (non-hydrogen) atoms. The summed E-state index contributed by atoms with van der Waals surface area (Å²) in [6, 6.07) is 12.7. The van der Waals surface area contributed by atoms with Crippen LogP contribution < -0.4 is 5.32 Å². The average molecular weight is 339 g/mol. The molecule has 2 aromatic rings. The number of rotatable bonds is 5. The van der Waals surface area contributed by atoms with Crippen LogP contribution in [0, 0.1) is 10.1 Å². The summed E-state index contributed by atoms with van der Waals surface area (Å²) < 4.78 is 0.